The molecule has 0 aliphatic carbocycles. The van der Waals surface area contributed by atoms with Crippen LogP contribution in [0.15, 0.2) is 0 Å². The van der Waals surface area contributed by atoms with Gasteiger partial charge in [-0.2, -0.15) is 12.6 Å². The molecule has 0 aromatic heterocycles. The van der Waals surface area contributed by atoms with Crippen LogP contribution >= 0.6 is 12.6 Å². The standard InChI is InChI=1S/C7H13NO2S/c1-5(11)7(9)8-6-3-2-4-10-6/h5-6,11H,2-4H2,1H3,(H,8,9). The Morgan fingerprint density at radius 2 is 2.55 bits per heavy atom. The molecule has 11 heavy (non-hydrogen) atoms. The summed E-state index contributed by atoms with van der Waals surface area (Å²) in [5.41, 5.74) is 0. The summed E-state index contributed by atoms with van der Waals surface area (Å²) in [5, 5.41) is 2.49. The summed E-state index contributed by atoms with van der Waals surface area (Å²) in [4.78, 5) is 11.0. The second-order valence-corrected chi connectivity index (χ2v) is 3.46. The van der Waals surface area contributed by atoms with Crippen LogP contribution in [0.3, 0.4) is 0 Å². The van der Waals surface area contributed by atoms with Gasteiger partial charge in [0.1, 0.15) is 6.23 Å². The van der Waals surface area contributed by atoms with Gasteiger partial charge in [-0.1, -0.05) is 0 Å². The molecule has 0 spiro atoms. The monoisotopic (exact) mass is 175 g/mol. The molecule has 1 fully saturated rings. The highest BCUT2D eigenvalue weighted by Gasteiger charge is 2.18. The summed E-state index contributed by atoms with van der Waals surface area (Å²) >= 11 is 4.00. The largest absolute Gasteiger partial charge is 0.359 e. The Morgan fingerprint density at radius 1 is 1.82 bits per heavy atom. The van der Waals surface area contributed by atoms with Crippen LogP contribution in [0.1, 0.15) is 19.8 Å². The number of carbonyl (C=O) groups excluding carboxylic acids is 1. The minimum Gasteiger partial charge on any atom is -0.359 e. The number of thiol groups is 1. The van der Waals surface area contributed by atoms with Crippen LogP contribution in [-0.2, 0) is 9.53 Å². The highest BCUT2D eigenvalue weighted by Crippen LogP contribution is 2.09. The molecule has 1 saturated heterocycles. The lowest BCUT2D eigenvalue weighted by atomic mass is 10.3. The third kappa shape index (κ3) is 2.71. The lowest BCUT2D eigenvalue weighted by Gasteiger charge is -2.12. The Kier molecular flexibility index (Phi) is 3.20. The maximum absolute atomic E-state index is 11.0. The fourth-order valence-electron chi connectivity index (χ4n) is 0.971. The molecule has 0 radical (unpaired) electrons. The molecule has 0 aromatic carbocycles. The maximum atomic E-state index is 11.0. The summed E-state index contributed by atoms with van der Waals surface area (Å²) in [5.74, 6) is -0.0553. The van der Waals surface area contributed by atoms with Crippen molar-refractivity contribution in [2.75, 3.05) is 6.61 Å². The normalized spacial score (nSPS) is 26.5. The van der Waals surface area contributed by atoms with Crippen molar-refractivity contribution in [3.8, 4) is 0 Å². The molecule has 1 aliphatic heterocycles. The maximum Gasteiger partial charge on any atom is 0.234 e. The predicted octanol–water partition coefficient (Wildman–Crippen LogP) is 0.557. The number of rotatable bonds is 2. The minimum atomic E-state index is -0.251. The molecular formula is C7H13NO2S. The van der Waals surface area contributed by atoms with Crippen molar-refractivity contribution in [3.63, 3.8) is 0 Å². The predicted molar refractivity (Wildman–Crippen MR) is 45.6 cm³/mol. The van der Waals surface area contributed by atoms with Gasteiger partial charge in [0.15, 0.2) is 0 Å². The second-order valence-electron chi connectivity index (χ2n) is 2.69. The van der Waals surface area contributed by atoms with E-state index in [-0.39, 0.29) is 17.4 Å². The smallest absolute Gasteiger partial charge is 0.234 e. The zero-order chi connectivity index (χ0) is 8.27. The average molecular weight is 175 g/mol. The molecule has 1 aliphatic rings. The van der Waals surface area contributed by atoms with E-state index < -0.39 is 0 Å². The minimum absolute atomic E-state index is 0.0553. The number of ether oxygens (including phenoxy) is 1. The van der Waals surface area contributed by atoms with Crippen molar-refractivity contribution in [3.05, 3.63) is 0 Å². The third-order valence-electron chi connectivity index (χ3n) is 1.61. The van der Waals surface area contributed by atoms with E-state index in [0.717, 1.165) is 19.4 Å². The molecule has 1 rings (SSSR count). The van der Waals surface area contributed by atoms with E-state index in [1.165, 1.54) is 0 Å². The molecule has 1 N–H and O–H groups in total. The van der Waals surface area contributed by atoms with E-state index >= 15 is 0 Å². The van der Waals surface area contributed by atoms with E-state index in [1.54, 1.807) is 6.92 Å². The van der Waals surface area contributed by atoms with Gasteiger partial charge in [-0.3, -0.25) is 4.79 Å². The number of hydrogen-bond acceptors (Lipinski definition) is 3. The number of nitrogens with one attached hydrogen (secondary N) is 1. The van der Waals surface area contributed by atoms with Crippen LogP contribution in [-0.4, -0.2) is 24.0 Å². The van der Waals surface area contributed by atoms with Crippen LogP contribution in [0, 0.1) is 0 Å². The molecule has 0 aromatic rings. The molecule has 2 atom stereocenters. The molecule has 0 saturated carbocycles. The van der Waals surface area contributed by atoms with Crippen LogP contribution in [0.25, 0.3) is 0 Å². The SMILES string of the molecule is CC(S)C(=O)NC1CCCO1. The molecule has 2 unspecified atom stereocenters. The van der Waals surface area contributed by atoms with Crippen LogP contribution in [0.4, 0.5) is 0 Å². The van der Waals surface area contributed by atoms with Crippen LogP contribution in [0.2, 0.25) is 0 Å². The lowest BCUT2D eigenvalue weighted by Crippen LogP contribution is -2.38. The molecule has 64 valence electrons. The topological polar surface area (TPSA) is 38.3 Å². The number of carbonyl (C=O) groups is 1. The van der Waals surface area contributed by atoms with Gasteiger partial charge in [0, 0.05) is 6.61 Å². The second kappa shape index (κ2) is 3.97. The highest BCUT2D eigenvalue weighted by atomic mass is 32.1. The van der Waals surface area contributed by atoms with Gasteiger partial charge in [0.25, 0.3) is 0 Å². The molecular weight excluding hydrogens is 162 g/mol. The molecule has 1 heterocycles. The quantitative estimate of drug-likeness (QED) is 0.602. The van der Waals surface area contributed by atoms with Crippen molar-refractivity contribution in [2.45, 2.75) is 31.2 Å². The summed E-state index contributed by atoms with van der Waals surface area (Å²) < 4.78 is 5.21. The Morgan fingerprint density at radius 3 is 3.00 bits per heavy atom. The zero-order valence-electron chi connectivity index (χ0n) is 6.54. The van der Waals surface area contributed by atoms with Gasteiger partial charge in [0.2, 0.25) is 5.91 Å². The average Bonchev–Trinajstić information content (AvgIpc) is 2.39. The molecule has 0 bridgehead atoms. The Bertz CT molecular complexity index is 143. The highest BCUT2D eigenvalue weighted by molar-refractivity contribution is 7.81. The van der Waals surface area contributed by atoms with Gasteiger partial charge in [-0.05, 0) is 19.8 Å². The van der Waals surface area contributed by atoms with Crippen molar-refractivity contribution >= 4 is 18.5 Å². The van der Waals surface area contributed by atoms with Crippen molar-refractivity contribution in [1.29, 1.82) is 0 Å². The van der Waals surface area contributed by atoms with E-state index in [9.17, 15) is 4.79 Å². The first-order chi connectivity index (χ1) is 5.20. The zero-order valence-corrected chi connectivity index (χ0v) is 7.43. The van der Waals surface area contributed by atoms with Crippen LogP contribution in [0.5, 0.6) is 0 Å². The first-order valence-electron chi connectivity index (χ1n) is 3.80. The van der Waals surface area contributed by atoms with Crippen molar-refractivity contribution < 1.29 is 9.53 Å². The number of hydrogen-bond donors (Lipinski definition) is 2. The van der Waals surface area contributed by atoms with Gasteiger partial charge >= 0.3 is 0 Å². The fourth-order valence-corrected chi connectivity index (χ4v) is 1.05. The summed E-state index contributed by atoms with van der Waals surface area (Å²) in [6.07, 6.45) is 1.88. The molecule has 3 nitrogen and oxygen atoms in total. The van der Waals surface area contributed by atoms with Gasteiger partial charge in [-0.15, -0.1) is 0 Å². The summed E-state index contributed by atoms with van der Waals surface area (Å²) in [6.45, 7) is 2.50. The first-order valence-corrected chi connectivity index (χ1v) is 4.32. The summed E-state index contributed by atoms with van der Waals surface area (Å²) in [6, 6.07) is 0. The Labute approximate surface area is 71.9 Å². The Hall–Kier alpha value is -0.220. The molecule has 1 amide bonds. The van der Waals surface area contributed by atoms with Gasteiger partial charge in [-0.25, -0.2) is 0 Å². The van der Waals surface area contributed by atoms with Crippen LogP contribution < -0.4 is 5.32 Å². The van der Waals surface area contributed by atoms with E-state index in [0.29, 0.717) is 0 Å². The number of amides is 1. The van der Waals surface area contributed by atoms with Crippen molar-refractivity contribution in [1.82, 2.24) is 5.32 Å². The first kappa shape index (κ1) is 8.87. The van der Waals surface area contributed by atoms with Gasteiger partial charge < -0.3 is 10.1 Å². The lowest BCUT2D eigenvalue weighted by molar-refractivity contribution is -0.123. The van der Waals surface area contributed by atoms with E-state index in [4.69, 9.17) is 4.74 Å². The van der Waals surface area contributed by atoms with Gasteiger partial charge in [0.05, 0.1) is 5.25 Å². The van der Waals surface area contributed by atoms with E-state index in [2.05, 4.69) is 17.9 Å². The summed E-state index contributed by atoms with van der Waals surface area (Å²) in [7, 11) is 0. The van der Waals surface area contributed by atoms with E-state index in [1.807, 2.05) is 0 Å². The molecule has 4 heteroatoms. The Balaban J connectivity index is 2.24. The van der Waals surface area contributed by atoms with Crippen molar-refractivity contribution in [2.24, 2.45) is 0 Å². The third-order valence-corrected chi connectivity index (χ3v) is 1.85. The fraction of sp³-hybridized carbons (Fsp3) is 0.857.